The van der Waals surface area contributed by atoms with E-state index < -0.39 is 0 Å². The number of rotatable bonds is 8. The van der Waals surface area contributed by atoms with Crippen LogP contribution in [0.25, 0.3) is 0 Å². The number of unbranched alkanes of at least 4 members (excludes halogenated alkanes) is 3. The fourth-order valence-corrected chi connectivity index (χ4v) is 1.17. The van der Waals surface area contributed by atoms with Crippen molar-refractivity contribution in [2.45, 2.75) is 45.4 Å². The number of hydrogen-bond donors (Lipinski definition) is 0. The first kappa shape index (κ1) is 13.2. The molecule has 0 aromatic carbocycles. The van der Waals surface area contributed by atoms with E-state index in [1.54, 1.807) is 0 Å². The van der Waals surface area contributed by atoms with Gasteiger partial charge in [-0.2, -0.15) is 0 Å². The summed E-state index contributed by atoms with van der Waals surface area (Å²) in [6.45, 7) is 5.87. The third-order valence-corrected chi connectivity index (χ3v) is 2.02. The summed E-state index contributed by atoms with van der Waals surface area (Å²) in [7, 11) is 0. The van der Waals surface area contributed by atoms with Gasteiger partial charge in [-0.1, -0.05) is 56.2 Å². The van der Waals surface area contributed by atoms with Crippen LogP contribution in [0.2, 0.25) is 0 Å². The molecule has 0 heterocycles. The second-order valence-electron chi connectivity index (χ2n) is 3.38. The summed E-state index contributed by atoms with van der Waals surface area (Å²) in [5, 5.41) is 0. The molecule has 0 amide bonds. The molecule has 14 heavy (non-hydrogen) atoms. The van der Waals surface area contributed by atoms with Crippen molar-refractivity contribution in [3.05, 3.63) is 43.4 Å². The first-order chi connectivity index (χ1) is 6.91. The average molecular weight is 191 g/mol. The zero-order valence-electron chi connectivity index (χ0n) is 9.41. The minimum atomic E-state index is 1.01. The van der Waals surface area contributed by atoms with E-state index in [4.69, 9.17) is 0 Å². The lowest BCUT2D eigenvalue weighted by Crippen LogP contribution is -1.70. The summed E-state index contributed by atoms with van der Waals surface area (Å²) in [5.74, 6) is 0. The Bertz CT molecular complexity index is 172. The number of hydrogen-bond acceptors (Lipinski definition) is 0. The molecule has 1 radical (unpaired) electrons. The third-order valence-electron chi connectivity index (χ3n) is 2.02. The topological polar surface area (TPSA) is 0 Å². The normalized spacial score (nSPS) is 12.4. The molecule has 0 saturated carbocycles. The van der Waals surface area contributed by atoms with Gasteiger partial charge in [0.15, 0.2) is 0 Å². The zero-order chi connectivity index (χ0) is 10.5. The van der Waals surface area contributed by atoms with Crippen molar-refractivity contribution >= 4 is 0 Å². The van der Waals surface area contributed by atoms with Crippen molar-refractivity contribution in [3.63, 3.8) is 0 Å². The van der Waals surface area contributed by atoms with Crippen LogP contribution in [0.5, 0.6) is 0 Å². The van der Waals surface area contributed by atoms with Gasteiger partial charge in [-0.05, 0) is 32.6 Å². The third kappa shape index (κ3) is 11.2. The van der Waals surface area contributed by atoms with Gasteiger partial charge < -0.3 is 0 Å². The van der Waals surface area contributed by atoms with Gasteiger partial charge >= 0.3 is 0 Å². The smallest absolute Gasteiger partial charge is 0.0169 e. The fourth-order valence-electron chi connectivity index (χ4n) is 1.17. The quantitative estimate of drug-likeness (QED) is 0.380. The summed E-state index contributed by atoms with van der Waals surface area (Å²) in [4.78, 5) is 0. The van der Waals surface area contributed by atoms with Crippen LogP contribution in [-0.4, -0.2) is 0 Å². The van der Waals surface area contributed by atoms with Crippen LogP contribution >= 0.6 is 0 Å². The van der Waals surface area contributed by atoms with Crippen LogP contribution in [0.15, 0.2) is 36.5 Å². The summed E-state index contributed by atoms with van der Waals surface area (Å²) >= 11 is 0. The molecular formula is C14H23. The van der Waals surface area contributed by atoms with Crippen molar-refractivity contribution in [3.8, 4) is 0 Å². The minimum absolute atomic E-state index is 1.01. The Morgan fingerprint density at radius 3 is 2.14 bits per heavy atom. The van der Waals surface area contributed by atoms with Crippen LogP contribution in [0.4, 0.5) is 0 Å². The minimum Gasteiger partial charge on any atom is -0.0882 e. The maximum Gasteiger partial charge on any atom is -0.0169 e. The van der Waals surface area contributed by atoms with Gasteiger partial charge in [0.2, 0.25) is 0 Å². The predicted octanol–water partition coefficient (Wildman–Crippen LogP) is 4.85. The van der Waals surface area contributed by atoms with Crippen molar-refractivity contribution in [1.29, 1.82) is 0 Å². The van der Waals surface area contributed by atoms with Crippen molar-refractivity contribution in [2.24, 2.45) is 0 Å². The van der Waals surface area contributed by atoms with Crippen LogP contribution < -0.4 is 0 Å². The monoisotopic (exact) mass is 191 g/mol. The lowest BCUT2D eigenvalue weighted by atomic mass is 10.2. The Balaban J connectivity index is 3.21. The van der Waals surface area contributed by atoms with Gasteiger partial charge in [0, 0.05) is 0 Å². The Labute approximate surface area is 89.4 Å². The Kier molecular flexibility index (Phi) is 11.5. The molecule has 0 rings (SSSR count). The zero-order valence-corrected chi connectivity index (χ0v) is 9.41. The molecule has 79 valence electrons. The van der Waals surface area contributed by atoms with E-state index in [0.717, 1.165) is 12.8 Å². The van der Waals surface area contributed by atoms with E-state index in [9.17, 15) is 0 Å². The van der Waals surface area contributed by atoms with Crippen molar-refractivity contribution < 1.29 is 0 Å². The molecular weight excluding hydrogens is 168 g/mol. The highest BCUT2D eigenvalue weighted by Crippen LogP contribution is 2.00. The molecule has 0 bridgehead atoms. The predicted molar refractivity (Wildman–Crippen MR) is 66.2 cm³/mol. The maximum absolute atomic E-state index is 3.63. The van der Waals surface area contributed by atoms with Crippen LogP contribution in [0.1, 0.15) is 45.4 Å². The summed E-state index contributed by atoms with van der Waals surface area (Å²) in [6.07, 6.45) is 20.1. The molecule has 0 N–H and O–H groups in total. The molecule has 0 aliphatic rings. The number of allylic oxidation sites excluding steroid dienone is 6. The fraction of sp³-hybridized carbons (Fsp3) is 0.500. The molecule has 0 aliphatic heterocycles. The van der Waals surface area contributed by atoms with Crippen molar-refractivity contribution in [2.75, 3.05) is 0 Å². The van der Waals surface area contributed by atoms with Gasteiger partial charge in [-0.3, -0.25) is 0 Å². The van der Waals surface area contributed by atoms with Crippen LogP contribution in [-0.2, 0) is 0 Å². The van der Waals surface area contributed by atoms with E-state index in [2.05, 4.69) is 44.2 Å². The van der Waals surface area contributed by atoms with E-state index in [1.165, 1.54) is 25.7 Å². The summed E-state index contributed by atoms with van der Waals surface area (Å²) in [5.41, 5.74) is 0. The standard InChI is InChI=1S/C14H23/c1-3-5-7-9-11-13-14-12-10-8-6-4-2/h3,5,9,11-12,14H,1,4,6-8,10,13H2,2H3. The van der Waals surface area contributed by atoms with Gasteiger partial charge in [-0.15, -0.1) is 0 Å². The average Bonchev–Trinajstić information content (AvgIpc) is 2.21. The van der Waals surface area contributed by atoms with Gasteiger partial charge in [0.1, 0.15) is 0 Å². The highest BCUT2D eigenvalue weighted by molar-refractivity contribution is 4.97. The molecule has 0 saturated heterocycles. The molecule has 0 fully saturated rings. The maximum atomic E-state index is 3.63. The molecule has 0 nitrogen and oxygen atoms in total. The Morgan fingerprint density at radius 2 is 1.50 bits per heavy atom. The molecule has 0 aromatic rings. The largest absolute Gasteiger partial charge is 0.0882 e. The summed E-state index contributed by atoms with van der Waals surface area (Å²) < 4.78 is 0. The second kappa shape index (κ2) is 12.2. The van der Waals surface area contributed by atoms with E-state index in [1.807, 2.05) is 6.08 Å². The van der Waals surface area contributed by atoms with E-state index in [-0.39, 0.29) is 0 Å². The first-order valence-corrected chi connectivity index (χ1v) is 5.66. The molecule has 0 heteroatoms. The molecule has 0 aromatic heterocycles. The molecule has 0 spiro atoms. The lowest BCUT2D eigenvalue weighted by molar-refractivity contribution is 0.728. The molecule has 0 aliphatic carbocycles. The van der Waals surface area contributed by atoms with Gasteiger partial charge in [0.25, 0.3) is 0 Å². The van der Waals surface area contributed by atoms with Crippen LogP contribution in [0, 0.1) is 6.92 Å². The van der Waals surface area contributed by atoms with Gasteiger partial charge in [0.05, 0.1) is 0 Å². The lowest BCUT2D eigenvalue weighted by Gasteiger charge is -1.90. The Morgan fingerprint density at radius 1 is 0.857 bits per heavy atom. The van der Waals surface area contributed by atoms with Crippen molar-refractivity contribution in [1.82, 2.24) is 0 Å². The highest BCUT2D eigenvalue weighted by Gasteiger charge is 1.80. The van der Waals surface area contributed by atoms with E-state index in [0.29, 0.717) is 0 Å². The highest BCUT2D eigenvalue weighted by atomic mass is 13.9. The second-order valence-corrected chi connectivity index (χ2v) is 3.38. The molecule has 0 unspecified atom stereocenters. The molecule has 0 atom stereocenters. The van der Waals surface area contributed by atoms with Crippen LogP contribution in [0.3, 0.4) is 0 Å². The van der Waals surface area contributed by atoms with E-state index >= 15 is 0 Å². The Hall–Kier alpha value is -0.780. The summed E-state index contributed by atoms with van der Waals surface area (Å²) in [6, 6.07) is 0. The first-order valence-electron chi connectivity index (χ1n) is 5.66. The SMILES string of the molecule is [CH2]C=CCC=CCC=CCCCCC. The van der Waals surface area contributed by atoms with Gasteiger partial charge in [-0.25, -0.2) is 0 Å².